The minimum Gasteiger partial charge on any atom is -0.352 e. The van der Waals surface area contributed by atoms with Crippen LogP contribution >= 0.6 is 11.6 Å². The monoisotopic (exact) mass is 336 g/mol. The van der Waals surface area contributed by atoms with Crippen LogP contribution in [0.4, 0.5) is 0 Å². The van der Waals surface area contributed by atoms with Gasteiger partial charge in [0, 0.05) is 36.6 Å². The molecule has 1 aromatic rings. The number of amides is 2. The highest BCUT2D eigenvalue weighted by Gasteiger charge is 2.26. The number of nitrogens with one attached hydrogen (secondary N) is 1. The van der Waals surface area contributed by atoms with Crippen LogP contribution in [0.3, 0.4) is 0 Å². The van der Waals surface area contributed by atoms with Gasteiger partial charge in [0.15, 0.2) is 0 Å². The molecule has 0 saturated heterocycles. The molecule has 2 amide bonds. The first-order valence-corrected chi connectivity index (χ1v) is 8.79. The van der Waals surface area contributed by atoms with Crippen molar-refractivity contribution in [1.82, 2.24) is 10.2 Å². The fourth-order valence-corrected chi connectivity index (χ4v) is 2.63. The Kier molecular flexibility index (Phi) is 6.90. The maximum absolute atomic E-state index is 12.2. The van der Waals surface area contributed by atoms with Crippen LogP contribution < -0.4 is 5.32 Å². The fraction of sp³-hybridized carbons (Fsp3) is 0.556. The van der Waals surface area contributed by atoms with E-state index in [9.17, 15) is 9.59 Å². The summed E-state index contributed by atoms with van der Waals surface area (Å²) >= 11 is 5.80. The van der Waals surface area contributed by atoms with E-state index in [-0.39, 0.29) is 11.8 Å². The Balaban J connectivity index is 1.67. The van der Waals surface area contributed by atoms with E-state index < -0.39 is 0 Å². The lowest BCUT2D eigenvalue weighted by atomic mass is 10.2. The minimum absolute atomic E-state index is 0.127. The van der Waals surface area contributed by atoms with Gasteiger partial charge < -0.3 is 10.2 Å². The van der Waals surface area contributed by atoms with Crippen molar-refractivity contribution in [1.29, 1.82) is 0 Å². The number of halogens is 1. The minimum atomic E-state index is -0.127. The number of carbonyl (C=O) groups excluding carboxylic acids is 2. The normalized spacial score (nSPS) is 13.7. The van der Waals surface area contributed by atoms with E-state index in [2.05, 4.69) is 12.2 Å². The average molecular weight is 337 g/mol. The molecule has 0 unspecified atom stereocenters. The van der Waals surface area contributed by atoms with Gasteiger partial charge in [0.1, 0.15) is 0 Å². The molecule has 1 N–H and O–H groups in total. The first-order valence-electron chi connectivity index (χ1n) is 8.41. The SMILES string of the molecule is CCCN(CC1CC1)C(=O)CCCNC(=O)c1ccc(Cl)cc1. The van der Waals surface area contributed by atoms with Crippen LogP contribution in [-0.4, -0.2) is 36.3 Å². The van der Waals surface area contributed by atoms with Gasteiger partial charge in [-0.3, -0.25) is 9.59 Å². The third-order valence-electron chi connectivity index (χ3n) is 3.98. The molecule has 1 aromatic carbocycles. The van der Waals surface area contributed by atoms with E-state index in [1.54, 1.807) is 24.3 Å². The second-order valence-corrected chi connectivity index (χ2v) is 6.59. The molecule has 23 heavy (non-hydrogen) atoms. The zero-order chi connectivity index (χ0) is 16.7. The average Bonchev–Trinajstić information content (AvgIpc) is 3.35. The van der Waals surface area contributed by atoms with Crippen molar-refractivity contribution in [2.24, 2.45) is 5.92 Å². The van der Waals surface area contributed by atoms with Crippen molar-refractivity contribution in [2.75, 3.05) is 19.6 Å². The molecule has 1 fully saturated rings. The summed E-state index contributed by atoms with van der Waals surface area (Å²) < 4.78 is 0. The summed E-state index contributed by atoms with van der Waals surface area (Å²) in [5.74, 6) is 0.798. The lowest BCUT2D eigenvalue weighted by Gasteiger charge is -2.22. The van der Waals surface area contributed by atoms with E-state index in [0.29, 0.717) is 30.0 Å². The van der Waals surface area contributed by atoms with E-state index in [0.717, 1.165) is 25.4 Å². The number of nitrogens with zero attached hydrogens (tertiary/aromatic N) is 1. The smallest absolute Gasteiger partial charge is 0.251 e. The molecule has 5 heteroatoms. The van der Waals surface area contributed by atoms with Gasteiger partial charge in [0.05, 0.1) is 0 Å². The summed E-state index contributed by atoms with van der Waals surface area (Å²) in [5.41, 5.74) is 0.585. The summed E-state index contributed by atoms with van der Waals surface area (Å²) in [6.07, 6.45) is 4.66. The summed E-state index contributed by atoms with van der Waals surface area (Å²) in [7, 11) is 0. The number of carbonyl (C=O) groups is 2. The van der Waals surface area contributed by atoms with E-state index in [4.69, 9.17) is 11.6 Å². The highest BCUT2D eigenvalue weighted by atomic mass is 35.5. The Morgan fingerprint density at radius 1 is 1.26 bits per heavy atom. The van der Waals surface area contributed by atoms with Crippen LogP contribution in [0.1, 0.15) is 49.4 Å². The molecule has 0 aromatic heterocycles. The van der Waals surface area contributed by atoms with E-state index in [1.165, 1.54) is 12.8 Å². The molecule has 126 valence electrons. The van der Waals surface area contributed by atoms with Crippen molar-refractivity contribution in [3.8, 4) is 0 Å². The summed E-state index contributed by atoms with van der Waals surface area (Å²) in [6, 6.07) is 6.78. The molecular formula is C18H25ClN2O2. The third kappa shape index (κ3) is 6.22. The molecule has 0 bridgehead atoms. The van der Waals surface area contributed by atoms with Crippen LogP contribution in [0, 0.1) is 5.92 Å². The molecule has 1 aliphatic rings. The van der Waals surface area contributed by atoms with Gasteiger partial charge in [-0.1, -0.05) is 18.5 Å². The maximum Gasteiger partial charge on any atom is 0.251 e. The zero-order valence-electron chi connectivity index (χ0n) is 13.7. The Morgan fingerprint density at radius 3 is 2.57 bits per heavy atom. The number of rotatable bonds is 9. The largest absolute Gasteiger partial charge is 0.352 e. The topological polar surface area (TPSA) is 49.4 Å². The van der Waals surface area contributed by atoms with Crippen LogP contribution in [-0.2, 0) is 4.79 Å². The van der Waals surface area contributed by atoms with Crippen LogP contribution in [0.25, 0.3) is 0 Å². The standard InChI is InChI=1S/C18H25ClN2O2/c1-2-12-21(13-14-5-6-14)17(22)4-3-11-20-18(23)15-7-9-16(19)10-8-15/h7-10,14H,2-6,11-13H2,1H3,(H,20,23). The van der Waals surface area contributed by atoms with Gasteiger partial charge in [-0.05, 0) is 55.9 Å². The van der Waals surface area contributed by atoms with Crippen molar-refractivity contribution >= 4 is 23.4 Å². The molecular weight excluding hydrogens is 312 g/mol. The van der Waals surface area contributed by atoms with Gasteiger partial charge in [0.2, 0.25) is 5.91 Å². The Hall–Kier alpha value is -1.55. The van der Waals surface area contributed by atoms with Crippen LogP contribution in [0.15, 0.2) is 24.3 Å². The van der Waals surface area contributed by atoms with E-state index in [1.807, 2.05) is 4.90 Å². The van der Waals surface area contributed by atoms with Crippen molar-refractivity contribution < 1.29 is 9.59 Å². The second kappa shape index (κ2) is 8.92. The highest BCUT2D eigenvalue weighted by Crippen LogP contribution is 2.29. The van der Waals surface area contributed by atoms with E-state index >= 15 is 0 Å². The van der Waals surface area contributed by atoms with Gasteiger partial charge >= 0.3 is 0 Å². The summed E-state index contributed by atoms with van der Waals surface area (Å²) in [4.78, 5) is 26.2. The maximum atomic E-state index is 12.2. The molecule has 4 nitrogen and oxygen atoms in total. The Labute approximate surface area is 143 Å². The first kappa shape index (κ1) is 17.8. The number of benzene rings is 1. The molecule has 2 rings (SSSR count). The summed E-state index contributed by atoms with van der Waals surface area (Å²) in [6.45, 7) is 4.35. The Morgan fingerprint density at radius 2 is 1.96 bits per heavy atom. The molecule has 0 aliphatic heterocycles. The fourth-order valence-electron chi connectivity index (χ4n) is 2.50. The molecule has 0 spiro atoms. The lowest BCUT2D eigenvalue weighted by molar-refractivity contribution is -0.131. The molecule has 0 heterocycles. The second-order valence-electron chi connectivity index (χ2n) is 6.15. The van der Waals surface area contributed by atoms with Crippen LogP contribution in [0.2, 0.25) is 5.02 Å². The van der Waals surface area contributed by atoms with Crippen molar-refractivity contribution in [2.45, 2.75) is 39.0 Å². The molecule has 1 saturated carbocycles. The molecule has 0 radical (unpaired) electrons. The quantitative estimate of drug-likeness (QED) is 0.702. The van der Waals surface area contributed by atoms with Gasteiger partial charge in [-0.25, -0.2) is 0 Å². The highest BCUT2D eigenvalue weighted by molar-refractivity contribution is 6.30. The van der Waals surface area contributed by atoms with Crippen molar-refractivity contribution in [3.05, 3.63) is 34.9 Å². The predicted octanol–water partition coefficient (Wildman–Crippen LogP) is 3.50. The number of hydrogen-bond acceptors (Lipinski definition) is 2. The zero-order valence-corrected chi connectivity index (χ0v) is 14.4. The summed E-state index contributed by atoms with van der Waals surface area (Å²) in [5, 5.41) is 3.46. The number of hydrogen-bond donors (Lipinski definition) is 1. The molecule has 1 aliphatic carbocycles. The van der Waals surface area contributed by atoms with Gasteiger partial charge in [-0.2, -0.15) is 0 Å². The van der Waals surface area contributed by atoms with Gasteiger partial charge in [-0.15, -0.1) is 0 Å². The lowest BCUT2D eigenvalue weighted by Crippen LogP contribution is -2.34. The third-order valence-corrected chi connectivity index (χ3v) is 4.23. The predicted molar refractivity (Wildman–Crippen MR) is 92.6 cm³/mol. The van der Waals surface area contributed by atoms with Crippen molar-refractivity contribution in [3.63, 3.8) is 0 Å². The van der Waals surface area contributed by atoms with Gasteiger partial charge in [0.25, 0.3) is 5.91 Å². The Bertz CT molecular complexity index is 526. The molecule has 0 atom stereocenters. The first-order chi connectivity index (χ1) is 11.1. The van der Waals surface area contributed by atoms with Crippen LogP contribution in [0.5, 0.6) is 0 Å².